The third kappa shape index (κ3) is 2.29. The molecule has 0 aliphatic rings. The zero-order valence-corrected chi connectivity index (χ0v) is 8.28. The first-order chi connectivity index (χ1) is 7.25. The summed E-state index contributed by atoms with van der Waals surface area (Å²) in [5.41, 5.74) is 0.0417. The molecule has 0 radical (unpaired) electrons. The SMILES string of the molecule is O=C(O)c1csc(NCc2ncn[nH]2)n1. The molecule has 15 heavy (non-hydrogen) atoms. The van der Waals surface area contributed by atoms with E-state index in [9.17, 15) is 4.79 Å². The van der Waals surface area contributed by atoms with E-state index >= 15 is 0 Å². The van der Waals surface area contributed by atoms with Crippen LogP contribution in [0.3, 0.4) is 0 Å². The smallest absolute Gasteiger partial charge is 0.355 e. The minimum absolute atomic E-state index is 0.0417. The van der Waals surface area contributed by atoms with Gasteiger partial charge in [-0.2, -0.15) is 5.10 Å². The predicted molar refractivity (Wildman–Crippen MR) is 52.8 cm³/mol. The fourth-order valence-electron chi connectivity index (χ4n) is 0.928. The van der Waals surface area contributed by atoms with Crippen molar-refractivity contribution in [3.05, 3.63) is 23.2 Å². The van der Waals surface area contributed by atoms with Gasteiger partial charge in [-0.15, -0.1) is 11.3 Å². The van der Waals surface area contributed by atoms with E-state index in [-0.39, 0.29) is 5.69 Å². The minimum atomic E-state index is -1.03. The molecule has 0 unspecified atom stereocenters. The van der Waals surface area contributed by atoms with Gasteiger partial charge in [-0.25, -0.2) is 14.8 Å². The Morgan fingerprint density at radius 2 is 2.53 bits per heavy atom. The van der Waals surface area contributed by atoms with Crippen molar-refractivity contribution in [2.24, 2.45) is 0 Å². The summed E-state index contributed by atoms with van der Waals surface area (Å²) >= 11 is 1.23. The Labute approximate surface area is 88.2 Å². The van der Waals surface area contributed by atoms with Gasteiger partial charge in [-0.05, 0) is 0 Å². The van der Waals surface area contributed by atoms with Crippen LogP contribution in [0.5, 0.6) is 0 Å². The molecular formula is C7H7N5O2S. The second kappa shape index (κ2) is 4.05. The molecule has 2 heterocycles. The van der Waals surface area contributed by atoms with Crippen LogP contribution in [0, 0.1) is 0 Å². The number of aromatic carboxylic acids is 1. The first kappa shape index (κ1) is 9.59. The van der Waals surface area contributed by atoms with Gasteiger partial charge in [0, 0.05) is 5.38 Å². The van der Waals surface area contributed by atoms with Crippen molar-refractivity contribution in [3.63, 3.8) is 0 Å². The number of rotatable bonds is 4. The van der Waals surface area contributed by atoms with Crippen molar-refractivity contribution < 1.29 is 9.90 Å². The van der Waals surface area contributed by atoms with Gasteiger partial charge in [-0.1, -0.05) is 0 Å². The molecule has 2 aromatic heterocycles. The highest BCUT2D eigenvalue weighted by molar-refractivity contribution is 7.13. The van der Waals surface area contributed by atoms with E-state index in [1.807, 2.05) is 0 Å². The highest BCUT2D eigenvalue weighted by Gasteiger charge is 2.08. The number of nitrogens with zero attached hydrogens (tertiary/aromatic N) is 3. The molecule has 0 amide bonds. The number of thiazole rings is 1. The maximum Gasteiger partial charge on any atom is 0.355 e. The molecule has 0 aromatic carbocycles. The summed E-state index contributed by atoms with van der Waals surface area (Å²) in [5, 5.41) is 19.9. The lowest BCUT2D eigenvalue weighted by Gasteiger charge is -1.97. The number of aromatic amines is 1. The Bertz CT molecular complexity index is 452. The Hall–Kier alpha value is -1.96. The summed E-state index contributed by atoms with van der Waals surface area (Å²) in [6, 6.07) is 0. The molecule has 0 bridgehead atoms. The van der Waals surface area contributed by atoms with E-state index in [0.717, 1.165) is 0 Å². The molecule has 0 saturated heterocycles. The number of carbonyl (C=O) groups is 1. The minimum Gasteiger partial charge on any atom is -0.476 e. The number of carboxylic acids is 1. The van der Waals surface area contributed by atoms with E-state index in [2.05, 4.69) is 25.5 Å². The van der Waals surface area contributed by atoms with Gasteiger partial charge in [0.2, 0.25) is 0 Å². The van der Waals surface area contributed by atoms with Crippen LogP contribution in [0.25, 0.3) is 0 Å². The largest absolute Gasteiger partial charge is 0.476 e. The predicted octanol–water partition coefficient (Wildman–Crippen LogP) is 0.571. The van der Waals surface area contributed by atoms with Crippen molar-refractivity contribution in [1.82, 2.24) is 20.2 Å². The number of hydrogen-bond acceptors (Lipinski definition) is 6. The van der Waals surface area contributed by atoms with Gasteiger partial charge in [-0.3, -0.25) is 5.10 Å². The van der Waals surface area contributed by atoms with Gasteiger partial charge in [0.15, 0.2) is 10.8 Å². The van der Waals surface area contributed by atoms with E-state index in [1.165, 1.54) is 23.0 Å². The van der Waals surface area contributed by atoms with Crippen LogP contribution in [0.1, 0.15) is 16.3 Å². The van der Waals surface area contributed by atoms with E-state index < -0.39 is 5.97 Å². The lowest BCUT2D eigenvalue weighted by molar-refractivity contribution is 0.0691. The van der Waals surface area contributed by atoms with Gasteiger partial charge >= 0.3 is 5.97 Å². The van der Waals surface area contributed by atoms with Crippen molar-refractivity contribution in [2.75, 3.05) is 5.32 Å². The third-order valence-electron chi connectivity index (χ3n) is 1.60. The summed E-state index contributed by atoms with van der Waals surface area (Å²) in [4.78, 5) is 18.3. The lowest BCUT2D eigenvalue weighted by atomic mass is 10.5. The van der Waals surface area contributed by atoms with E-state index in [0.29, 0.717) is 17.5 Å². The first-order valence-electron chi connectivity index (χ1n) is 4.02. The molecule has 0 fully saturated rings. The second-order valence-electron chi connectivity index (χ2n) is 2.63. The number of carboxylic acid groups (broad SMARTS) is 1. The number of hydrogen-bond donors (Lipinski definition) is 3. The van der Waals surface area contributed by atoms with Crippen LogP contribution < -0.4 is 5.32 Å². The zero-order chi connectivity index (χ0) is 10.7. The maximum absolute atomic E-state index is 10.5. The normalized spacial score (nSPS) is 10.1. The summed E-state index contributed by atoms with van der Waals surface area (Å²) < 4.78 is 0. The molecule has 0 saturated carbocycles. The van der Waals surface area contributed by atoms with Crippen LogP contribution in [-0.4, -0.2) is 31.2 Å². The standard InChI is InChI=1S/C7H7N5O2S/c13-6(14)4-2-15-7(11-4)8-1-5-9-3-10-12-5/h2-3H,1H2,(H,8,11)(H,13,14)(H,9,10,12). The lowest BCUT2D eigenvalue weighted by Crippen LogP contribution is -2.02. The molecular weight excluding hydrogens is 218 g/mol. The highest BCUT2D eigenvalue weighted by Crippen LogP contribution is 2.15. The van der Waals surface area contributed by atoms with Crippen LogP contribution in [0.4, 0.5) is 5.13 Å². The summed E-state index contributed by atoms with van der Waals surface area (Å²) in [6.07, 6.45) is 1.40. The summed E-state index contributed by atoms with van der Waals surface area (Å²) in [7, 11) is 0. The number of anilines is 1. The topological polar surface area (TPSA) is 104 Å². The summed E-state index contributed by atoms with van der Waals surface area (Å²) in [5.74, 6) is -0.360. The van der Waals surface area contributed by atoms with E-state index in [1.54, 1.807) is 0 Å². The Balaban J connectivity index is 1.96. The van der Waals surface area contributed by atoms with Crippen molar-refractivity contribution in [1.29, 1.82) is 0 Å². The molecule has 0 atom stereocenters. The molecule has 78 valence electrons. The Morgan fingerprint density at radius 3 is 3.13 bits per heavy atom. The number of aromatic nitrogens is 4. The first-order valence-corrected chi connectivity index (χ1v) is 4.90. The molecule has 3 N–H and O–H groups in total. The average Bonchev–Trinajstić information content (AvgIpc) is 2.86. The number of H-pyrrole nitrogens is 1. The molecule has 8 heteroatoms. The molecule has 2 rings (SSSR count). The average molecular weight is 225 g/mol. The number of nitrogens with one attached hydrogen (secondary N) is 2. The Morgan fingerprint density at radius 1 is 1.67 bits per heavy atom. The summed E-state index contributed by atoms with van der Waals surface area (Å²) in [6.45, 7) is 0.437. The van der Waals surface area contributed by atoms with Gasteiger partial charge in [0.05, 0.1) is 6.54 Å². The van der Waals surface area contributed by atoms with Gasteiger partial charge in [0.1, 0.15) is 12.2 Å². The monoisotopic (exact) mass is 225 g/mol. The highest BCUT2D eigenvalue weighted by atomic mass is 32.1. The quantitative estimate of drug-likeness (QED) is 0.702. The van der Waals surface area contributed by atoms with E-state index in [4.69, 9.17) is 5.11 Å². The fraction of sp³-hybridized carbons (Fsp3) is 0.143. The molecule has 2 aromatic rings. The Kier molecular flexibility index (Phi) is 2.59. The van der Waals surface area contributed by atoms with Crippen LogP contribution in [-0.2, 0) is 6.54 Å². The fourth-order valence-corrected chi connectivity index (χ4v) is 1.61. The van der Waals surface area contributed by atoms with Crippen molar-refractivity contribution in [2.45, 2.75) is 6.54 Å². The van der Waals surface area contributed by atoms with Crippen molar-refractivity contribution >= 4 is 22.4 Å². The van der Waals surface area contributed by atoms with Crippen LogP contribution in [0.2, 0.25) is 0 Å². The third-order valence-corrected chi connectivity index (χ3v) is 2.40. The maximum atomic E-state index is 10.5. The zero-order valence-electron chi connectivity index (χ0n) is 7.47. The molecule has 7 nitrogen and oxygen atoms in total. The molecule has 0 spiro atoms. The van der Waals surface area contributed by atoms with Crippen molar-refractivity contribution in [3.8, 4) is 0 Å². The van der Waals surface area contributed by atoms with Gasteiger partial charge < -0.3 is 10.4 Å². The van der Waals surface area contributed by atoms with Crippen LogP contribution in [0.15, 0.2) is 11.7 Å². The molecule has 0 aliphatic heterocycles. The molecule has 0 aliphatic carbocycles. The van der Waals surface area contributed by atoms with Gasteiger partial charge in [0.25, 0.3) is 0 Å². The van der Waals surface area contributed by atoms with Crippen LogP contribution >= 0.6 is 11.3 Å². The second-order valence-corrected chi connectivity index (χ2v) is 3.49.